The second-order valence-corrected chi connectivity index (χ2v) is 35.0. The molecular weight excluding hydrogens is 662 g/mol. The van der Waals surface area contributed by atoms with Crippen LogP contribution in [0.2, 0.25) is 52.4 Å². The molecule has 4 aliphatic rings. The first-order valence-electron chi connectivity index (χ1n) is 18.6. The summed E-state index contributed by atoms with van der Waals surface area (Å²) < 4.78 is 0. The van der Waals surface area contributed by atoms with E-state index < -0.39 is 32.3 Å². The minimum atomic E-state index is -2.00. The van der Waals surface area contributed by atoms with Crippen LogP contribution in [0.15, 0.2) is 121 Å². The van der Waals surface area contributed by atoms with Gasteiger partial charge < -0.3 is 0 Å². The van der Waals surface area contributed by atoms with E-state index in [0.29, 0.717) is 13.4 Å². The Kier molecular flexibility index (Phi) is 6.22. The second-order valence-electron chi connectivity index (χ2n) is 17.7. The summed E-state index contributed by atoms with van der Waals surface area (Å²) in [5.41, 5.74) is 12.5. The van der Waals surface area contributed by atoms with Crippen molar-refractivity contribution in [3.63, 3.8) is 0 Å². The Labute approximate surface area is 303 Å². The van der Waals surface area contributed by atoms with Crippen molar-refractivity contribution >= 4 is 120 Å². The average Bonchev–Trinajstić information content (AvgIpc) is 3.11. The van der Waals surface area contributed by atoms with Gasteiger partial charge in [0, 0.05) is 0 Å². The van der Waals surface area contributed by atoms with Crippen molar-refractivity contribution in [3.8, 4) is 11.1 Å². The number of hydrogen-bond acceptors (Lipinski definition) is 0. The normalized spacial score (nSPS) is 18.6. The molecule has 0 nitrogen and oxygen atoms in total. The van der Waals surface area contributed by atoms with Crippen LogP contribution in [0.3, 0.4) is 0 Å². The standard InChI is InChI=1S/C44H44B2Si4/c1-47(2)35-21-13-9-17-31(35)45-32-18-10-14-22-36(32)48(3,4)40-26-29(25-39(47)43(40)45)30-27-41-44-42(28-30)50(7,8)38-24-16-12-20-34(38)46(44)33-19-11-15-23-37(33)49(41,5)6/h9-28H,1-8H3. The van der Waals surface area contributed by atoms with Crippen LogP contribution in [0.4, 0.5) is 0 Å². The molecule has 0 saturated carbocycles. The number of rotatable bonds is 1. The molecule has 242 valence electrons. The fourth-order valence-electron chi connectivity index (χ4n) is 11.1. The Hall–Kier alpha value is -3.68. The summed E-state index contributed by atoms with van der Waals surface area (Å²) in [6.45, 7) is 21.6. The lowest BCUT2D eigenvalue weighted by atomic mass is 9.36. The van der Waals surface area contributed by atoms with E-state index >= 15 is 0 Å². The van der Waals surface area contributed by atoms with Gasteiger partial charge in [-0.05, 0) is 11.1 Å². The summed E-state index contributed by atoms with van der Waals surface area (Å²) in [6.07, 6.45) is 0. The lowest BCUT2D eigenvalue weighted by Crippen LogP contribution is -2.86. The fourth-order valence-corrected chi connectivity index (χ4v) is 24.3. The van der Waals surface area contributed by atoms with Gasteiger partial charge in [-0.1, -0.05) is 248 Å². The van der Waals surface area contributed by atoms with Crippen molar-refractivity contribution in [1.29, 1.82) is 0 Å². The maximum atomic E-state index is 2.70. The SMILES string of the molecule is C[Si]1(C)c2ccccc2B2c3ccccc3[Si](C)(C)c3cc(-c4cc5c6c(c4)[Si](C)(C)c4ccccc4B6c4ccccc4[Si]5(C)C)cc1c32. The average molecular weight is 707 g/mol. The maximum absolute atomic E-state index is 2.70. The third kappa shape index (κ3) is 3.78. The highest BCUT2D eigenvalue weighted by Crippen LogP contribution is 2.25. The van der Waals surface area contributed by atoms with Crippen molar-refractivity contribution in [2.24, 2.45) is 0 Å². The molecule has 0 saturated heterocycles. The van der Waals surface area contributed by atoms with Crippen molar-refractivity contribution in [1.82, 2.24) is 0 Å². The summed E-state index contributed by atoms with van der Waals surface area (Å²) in [4.78, 5) is 0. The van der Waals surface area contributed by atoms with Gasteiger partial charge in [0.15, 0.2) is 0 Å². The molecule has 0 bridgehead atoms. The number of hydrogen-bond donors (Lipinski definition) is 0. The monoisotopic (exact) mass is 706 g/mol. The van der Waals surface area contributed by atoms with E-state index in [4.69, 9.17) is 0 Å². The molecule has 10 rings (SSSR count). The van der Waals surface area contributed by atoms with Crippen molar-refractivity contribution in [3.05, 3.63) is 121 Å². The van der Waals surface area contributed by atoms with Gasteiger partial charge in [0.25, 0.3) is 0 Å². The molecule has 0 amide bonds. The third-order valence-corrected chi connectivity index (χ3v) is 28.0. The minimum absolute atomic E-state index is 0.332. The van der Waals surface area contributed by atoms with E-state index in [-0.39, 0.29) is 0 Å². The fraction of sp³-hybridized carbons (Fsp3) is 0.182. The van der Waals surface area contributed by atoms with Gasteiger partial charge >= 0.3 is 0 Å². The molecule has 0 radical (unpaired) electrons. The zero-order chi connectivity index (χ0) is 34.5. The molecule has 50 heavy (non-hydrogen) atoms. The van der Waals surface area contributed by atoms with Crippen LogP contribution in [0.25, 0.3) is 11.1 Å². The van der Waals surface area contributed by atoms with Crippen LogP contribution >= 0.6 is 0 Å². The molecule has 0 unspecified atom stereocenters. The molecule has 0 aliphatic carbocycles. The first-order chi connectivity index (χ1) is 23.8. The van der Waals surface area contributed by atoms with Gasteiger partial charge in [-0.3, -0.25) is 0 Å². The van der Waals surface area contributed by atoms with Crippen molar-refractivity contribution < 1.29 is 0 Å². The van der Waals surface area contributed by atoms with Gasteiger partial charge in [0.2, 0.25) is 13.4 Å². The molecule has 4 heterocycles. The Balaban J connectivity index is 1.29. The van der Waals surface area contributed by atoms with Gasteiger partial charge in [0.1, 0.15) is 32.3 Å². The van der Waals surface area contributed by atoms with E-state index in [9.17, 15) is 0 Å². The van der Waals surface area contributed by atoms with Gasteiger partial charge in [0.05, 0.1) is 0 Å². The minimum Gasteiger partial charge on any atom is -0.0692 e. The molecule has 0 aromatic heterocycles. The van der Waals surface area contributed by atoms with Crippen LogP contribution < -0.4 is 74.3 Å². The largest absolute Gasteiger partial charge is 0.240 e. The summed E-state index contributed by atoms with van der Waals surface area (Å²) in [6, 6.07) is 48.8. The van der Waals surface area contributed by atoms with E-state index in [1.807, 2.05) is 0 Å². The highest BCUT2D eigenvalue weighted by Gasteiger charge is 2.51. The van der Waals surface area contributed by atoms with Gasteiger partial charge in [-0.15, -0.1) is 0 Å². The van der Waals surface area contributed by atoms with E-state index in [0.717, 1.165) is 0 Å². The zero-order valence-corrected chi connectivity index (χ0v) is 34.7. The Morgan fingerprint density at radius 1 is 0.300 bits per heavy atom. The molecule has 0 fully saturated rings. The molecule has 0 spiro atoms. The maximum Gasteiger partial charge on any atom is 0.240 e. The van der Waals surface area contributed by atoms with E-state index in [2.05, 4.69) is 174 Å². The topological polar surface area (TPSA) is 0 Å². The summed E-state index contributed by atoms with van der Waals surface area (Å²) in [7, 11) is -7.99. The summed E-state index contributed by atoms with van der Waals surface area (Å²) >= 11 is 0. The zero-order valence-electron chi connectivity index (χ0n) is 30.7. The number of benzene rings is 6. The first kappa shape index (κ1) is 31.1. The highest BCUT2D eigenvalue weighted by atomic mass is 28.3. The van der Waals surface area contributed by atoms with Crippen molar-refractivity contribution in [2.45, 2.75) is 52.4 Å². The van der Waals surface area contributed by atoms with E-state index in [1.54, 1.807) is 74.3 Å². The molecule has 0 atom stereocenters. The predicted molar refractivity (Wildman–Crippen MR) is 234 cm³/mol. The molecular formula is C44H44B2Si4. The number of fused-ring (bicyclic) bond motifs is 8. The second kappa shape index (κ2) is 10.0. The predicted octanol–water partition coefficient (Wildman–Crippen LogP) is 0.930. The molecule has 6 aromatic carbocycles. The first-order valence-corrected chi connectivity index (χ1v) is 30.6. The third-order valence-electron chi connectivity index (χ3n) is 13.7. The van der Waals surface area contributed by atoms with Crippen LogP contribution in [0.5, 0.6) is 0 Å². The molecule has 4 aliphatic heterocycles. The molecule has 6 heteroatoms. The summed E-state index contributed by atoms with van der Waals surface area (Å²) in [5.74, 6) is 0. The Morgan fingerprint density at radius 3 is 0.760 bits per heavy atom. The lowest BCUT2D eigenvalue weighted by molar-refractivity contribution is 1.62. The molecule has 0 N–H and O–H groups in total. The molecule has 6 aromatic rings. The van der Waals surface area contributed by atoms with Crippen LogP contribution in [-0.2, 0) is 0 Å². The highest BCUT2D eigenvalue weighted by molar-refractivity contribution is 7.22. The smallest absolute Gasteiger partial charge is 0.0692 e. The lowest BCUT2D eigenvalue weighted by Gasteiger charge is -2.46. The van der Waals surface area contributed by atoms with Crippen LogP contribution in [-0.4, -0.2) is 45.7 Å². The van der Waals surface area contributed by atoms with Crippen molar-refractivity contribution in [2.75, 3.05) is 0 Å². The summed E-state index contributed by atoms with van der Waals surface area (Å²) in [5, 5.41) is 13.2. The van der Waals surface area contributed by atoms with E-state index in [1.165, 1.54) is 11.1 Å². The van der Waals surface area contributed by atoms with Gasteiger partial charge in [-0.2, -0.15) is 0 Å². The Bertz CT molecular complexity index is 2140. The Morgan fingerprint density at radius 2 is 0.520 bits per heavy atom. The van der Waals surface area contributed by atoms with Gasteiger partial charge in [-0.25, -0.2) is 0 Å². The quantitative estimate of drug-likeness (QED) is 0.224. The van der Waals surface area contributed by atoms with Crippen LogP contribution in [0.1, 0.15) is 0 Å². The van der Waals surface area contributed by atoms with Crippen LogP contribution in [0, 0.1) is 0 Å².